The monoisotopic (exact) mass is 1240 g/mol. The van der Waals surface area contributed by atoms with Crippen molar-refractivity contribution in [2.75, 3.05) is 19.5 Å². The van der Waals surface area contributed by atoms with Gasteiger partial charge in [-0.25, -0.2) is 24.2 Å². The van der Waals surface area contributed by atoms with Gasteiger partial charge in [0.25, 0.3) is 47.3 Å². The number of isocyanates is 1. The fourth-order valence-corrected chi connectivity index (χ4v) is 7.65. The number of amides is 11. The number of hydrogen-bond donors (Lipinski definition) is 1. The number of alkyl halides is 1. The Morgan fingerprint density at radius 2 is 1.04 bits per heavy atom. The second-order valence-corrected chi connectivity index (χ2v) is 17.9. The summed E-state index contributed by atoms with van der Waals surface area (Å²) in [5.74, 6) is -5.96. The van der Waals surface area contributed by atoms with Crippen LogP contribution in [0.15, 0.2) is 120 Å². The van der Waals surface area contributed by atoms with Gasteiger partial charge in [0.2, 0.25) is 23.8 Å². The summed E-state index contributed by atoms with van der Waals surface area (Å²) in [6, 6.07) is 24.9. The topological polar surface area (TPSA) is 298 Å². The molecule has 5 aliphatic heterocycles. The summed E-state index contributed by atoms with van der Waals surface area (Å²) < 4.78 is 0.399. The first-order valence-electron chi connectivity index (χ1n) is 23.7. The summed E-state index contributed by atoms with van der Waals surface area (Å²) in [7, 11) is 0. The predicted octanol–water partition coefficient (Wildman–Crippen LogP) is 7.52. The smallest absolute Gasteiger partial charge is 0.330 e. The van der Waals surface area contributed by atoms with E-state index in [1.165, 1.54) is 53.0 Å². The summed E-state index contributed by atoms with van der Waals surface area (Å²) in [4.78, 5) is 176. The number of likely N-dealkylation sites (tertiary alicyclic amines) is 1. The second kappa shape index (κ2) is 32.0. The molecular weight excluding hydrogens is 1180 g/mol. The molecule has 0 spiro atoms. The highest BCUT2D eigenvalue weighted by molar-refractivity contribution is 14.1. The van der Waals surface area contributed by atoms with Gasteiger partial charge in [-0.15, -0.1) is 10.1 Å². The molecule has 0 aliphatic carbocycles. The van der Waals surface area contributed by atoms with Gasteiger partial charge in [0.15, 0.2) is 0 Å². The number of aliphatic imine (C=N–C) groups is 1. The summed E-state index contributed by atoms with van der Waals surface area (Å²) in [6.07, 6.45) is 7.17. The fraction of sp³-hybridized carbons (Fsp3) is 0.276. The Balaban J connectivity index is 0.000000379. The average molecular weight is 1240 g/mol. The molecule has 0 saturated carbocycles. The SMILES string of the molecule is C.C.C.C.Cc1ccc(N=C=O)cc1C.O=C(CCc1ccc(N2C(=O)C=CC2=O)cc1)ON1C(=O)CCC1=O.O=C(CI)Nc1ccc(CN2C(=O)CCC2=O)cc1.O=C(ON1C(=O)CCC1=O)c1cccc(N2C(=O)C=CC2=O)c1. The molecule has 1 N–H and O–H groups in total. The molecular formula is C58H62IN7O16. The number of carbonyl (C=O) groups excluding carboxylic acids is 14. The van der Waals surface area contributed by atoms with E-state index >= 15 is 0 Å². The molecule has 0 bridgehead atoms. The Kier molecular flexibility index (Phi) is 26.8. The number of anilines is 3. The van der Waals surface area contributed by atoms with Crippen molar-refractivity contribution in [1.82, 2.24) is 15.0 Å². The van der Waals surface area contributed by atoms with Gasteiger partial charge >= 0.3 is 11.9 Å². The highest BCUT2D eigenvalue weighted by Gasteiger charge is 2.35. The highest BCUT2D eigenvalue weighted by atomic mass is 127. The summed E-state index contributed by atoms with van der Waals surface area (Å²) in [5.41, 5.74) is 6.02. The number of hydroxylamine groups is 4. The molecule has 0 unspecified atom stereocenters. The standard InChI is InChI=1S/C17H14N2O6.C15H10N2O6.C13H13IN2O3.C9H9NO.4CH4/c20-13-6-7-14(21)18(13)12-4-1-11(2-5-12)3-10-17(24)25-19-15(22)8-9-16(19)23;18-11-4-5-12(19)16(11)10-3-1-2-9(8-10)15(22)23-17-13(20)6-7-14(17)21;14-7-11(17)15-10-3-1-9(2-4-10)8-16-12(18)5-6-13(16)19;1-7-3-4-9(10-6-11)5-8(7)2;;;;/h1-2,4-7H,3,8-10H2;1-5,8H,6-7H2;1-4H,5-8H2,(H,15,17);3-5H,1-2H3;4*1H4. The van der Waals surface area contributed by atoms with Gasteiger partial charge in [-0.3, -0.25) is 57.6 Å². The van der Waals surface area contributed by atoms with Crippen molar-refractivity contribution in [2.24, 2.45) is 4.99 Å². The van der Waals surface area contributed by atoms with E-state index in [1.807, 2.05) is 60.7 Å². The third-order valence-electron chi connectivity index (χ3n) is 11.7. The molecule has 5 aliphatic rings. The molecule has 11 amide bonds. The van der Waals surface area contributed by atoms with E-state index < -0.39 is 59.2 Å². The maximum absolute atomic E-state index is 12.0. The maximum atomic E-state index is 12.0. The highest BCUT2D eigenvalue weighted by Crippen LogP contribution is 2.24. The summed E-state index contributed by atoms with van der Waals surface area (Å²) >= 11 is 1.99. The molecule has 4 aromatic carbocycles. The van der Waals surface area contributed by atoms with E-state index in [1.54, 1.807) is 42.5 Å². The Morgan fingerprint density at radius 3 is 1.52 bits per heavy atom. The number of carbonyl (C=O) groups is 13. The second-order valence-electron chi connectivity index (χ2n) is 17.1. The van der Waals surface area contributed by atoms with E-state index in [9.17, 15) is 67.1 Å². The Hall–Kier alpha value is -9.42. The van der Waals surface area contributed by atoms with E-state index in [0.29, 0.717) is 57.4 Å². The molecule has 0 atom stereocenters. The van der Waals surface area contributed by atoms with Crippen LogP contribution in [0.5, 0.6) is 0 Å². The number of nitrogens with one attached hydrogen (secondary N) is 1. The molecule has 24 heteroatoms. The minimum atomic E-state index is -0.928. The van der Waals surface area contributed by atoms with Gasteiger partial charge < -0.3 is 15.0 Å². The van der Waals surface area contributed by atoms with Gasteiger partial charge in [-0.05, 0) is 97.1 Å². The van der Waals surface area contributed by atoms with E-state index in [0.717, 1.165) is 38.6 Å². The van der Waals surface area contributed by atoms with Gasteiger partial charge in [0.1, 0.15) is 0 Å². The molecule has 3 fully saturated rings. The number of nitrogens with zero attached hydrogens (tertiary/aromatic N) is 6. The van der Waals surface area contributed by atoms with Crippen LogP contribution in [-0.4, -0.2) is 102 Å². The normalized spacial score (nSPS) is 14.7. The van der Waals surface area contributed by atoms with Crippen LogP contribution in [0.1, 0.15) is 107 Å². The molecule has 3 saturated heterocycles. The molecule has 82 heavy (non-hydrogen) atoms. The minimum absolute atomic E-state index is 0. The van der Waals surface area contributed by atoms with Crippen LogP contribution in [0.2, 0.25) is 0 Å². The number of rotatable bonds is 13. The van der Waals surface area contributed by atoms with E-state index in [4.69, 9.17) is 9.68 Å². The van der Waals surface area contributed by atoms with Crippen molar-refractivity contribution in [3.8, 4) is 0 Å². The van der Waals surface area contributed by atoms with Crippen LogP contribution in [0.25, 0.3) is 0 Å². The van der Waals surface area contributed by atoms with Gasteiger partial charge in [-0.1, -0.05) is 88.7 Å². The third kappa shape index (κ3) is 18.3. The largest absolute Gasteiger partial charge is 0.363 e. The first kappa shape index (κ1) is 68.7. The van der Waals surface area contributed by atoms with Crippen molar-refractivity contribution < 1.29 is 76.8 Å². The Bertz CT molecular complexity index is 3160. The van der Waals surface area contributed by atoms with Gasteiger partial charge in [-0.2, -0.15) is 4.99 Å². The lowest BCUT2D eigenvalue weighted by atomic mass is 10.1. The lowest BCUT2D eigenvalue weighted by molar-refractivity contribution is -0.197. The lowest BCUT2D eigenvalue weighted by Gasteiger charge is -2.16. The average Bonchev–Trinajstić information content (AvgIpc) is 4.41. The molecule has 23 nitrogen and oxygen atoms in total. The number of benzene rings is 4. The quantitative estimate of drug-likeness (QED) is 0.0445. The van der Waals surface area contributed by atoms with Gasteiger partial charge in [0.05, 0.1) is 40.0 Å². The fourth-order valence-electron chi connectivity index (χ4n) is 7.46. The maximum Gasteiger partial charge on any atom is 0.363 e. The Morgan fingerprint density at radius 1 is 0.561 bits per heavy atom. The molecule has 4 aromatic rings. The van der Waals surface area contributed by atoms with Crippen LogP contribution in [-0.2, 0) is 85.0 Å². The van der Waals surface area contributed by atoms with E-state index in [2.05, 4.69) is 10.3 Å². The predicted molar refractivity (Wildman–Crippen MR) is 308 cm³/mol. The molecule has 9 rings (SSSR count). The van der Waals surface area contributed by atoms with Crippen molar-refractivity contribution in [3.05, 3.63) is 143 Å². The van der Waals surface area contributed by atoms with Crippen molar-refractivity contribution in [3.63, 3.8) is 0 Å². The number of hydrogen-bond acceptors (Lipinski definition) is 17. The van der Waals surface area contributed by atoms with Crippen LogP contribution in [0, 0.1) is 13.8 Å². The van der Waals surface area contributed by atoms with E-state index in [-0.39, 0.29) is 90.8 Å². The Labute approximate surface area is 487 Å². The first-order valence-corrected chi connectivity index (χ1v) is 25.2. The lowest BCUT2D eigenvalue weighted by Crippen LogP contribution is -2.32. The zero-order chi connectivity index (χ0) is 56.6. The summed E-state index contributed by atoms with van der Waals surface area (Å²) in [6.45, 7) is 4.31. The third-order valence-corrected chi connectivity index (χ3v) is 12.4. The summed E-state index contributed by atoms with van der Waals surface area (Å²) in [5, 5.41) is 3.69. The minimum Gasteiger partial charge on any atom is -0.330 e. The molecule has 432 valence electrons. The number of imide groups is 5. The first-order chi connectivity index (χ1) is 37.3. The van der Waals surface area contributed by atoms with Crippen molar-refractivity contribution in [1.29, 1.82) is 0 Å². The number of aryl methyl sites for hydroxylation is 3. The zero-order valence-electron chi connectivity index (χ0n) is 41.6. The van der Waals surface area contributed by atoms with Gasteiger partial charge in [0, 0.05) is 68.5 Å². The zero-order valence-corrected chi connectivity index (χ0v) is 43.8. The van der Waals surface area contributed by atoms with Crippen LogP contribution in [0.3, 0.4) is 0 Å². The van der Waals surface area contributed by atoms with Crippen LogP contribution >= 0.6 is 22.6 Å². The molecule has 0 aromatic heterocycles. The van der Waals surface area contributed by atoms with Crippen LogP contribution < -0.4 is 15.1 Å². The molecule has 5 heterocycles. The van der Waals surface area contributed by atoms with Crippen molar-refractivity contribution in [2.45, 2.75) is 101 Å². The molecule has 0 radical (unpaired) electrons. The number of halogens is 1. The van der Waals surface area contributed by atoms with Crippen LogP contribution in [0.4, 0.5) is 22.7 Å². The van der Waals surface area contributed by atoms with Crippen molar-refractivity contribution >= 4 is 128 Å².